The minimum Gasteiger partial charge on any atom is -0.302 e. The lowest BCUT2D eigenvalue weighted by Gasteiger charge is -2.11. The molecular weight excluding hydrogens is 296 g/mol. The van der Waals surface area contributed by atoms with Gasteiger partial charge in [-0.25, -0.2) is 4.98 Å². The number of carbonyl (C=O) groups excluding carboxylic acids is 1. The topological polar surface area (TPSA) is 59.8 Å². The highest BCUT2D eigenvalue weighted by molar-refractivity contribution is 7.22. The van der Waals surface area contributed by atoms with Gasteiger partial charge in [-0.1, -0.05) is 17.4 Å². The van der Waals surface area contributed by atoms with Crippen LogP contribution < -0.4 is 5.32 Å². The first-order valence-corrected chi connectivity index (χ1v) is 8.02. The highest BCUT2D eigenvalue weighted by atomic mass is 32.1. The summed E-state index contributed by atoms with van der Waals surface area (Å²) in [6, 6.07) is 8.04. The smallest absolute Gasteiger partial charge is 0.228 e. The van der Waals surface area contributed by atoms with Gasteiger partial charge in [-0.3, -0.25) is 9.48 Å². The minimum atomic E-state index is -0.0450. The molecule has 0 radical (unpaired) electrons. The van der Waals surface area contributed by atoms with Gasteiger partial charge in [-0.05, 0) is 44.5 Å². The molecule has 0 spiro atoms. The number of thiazole rings is 1. The molecule has 0 aliphatic carbocycles. The maximum absolute atomic E-state index is 12.2. The van der Waals surface area contributed by atoms with Crippen molar-refractivity contribution in [3.63, 3.8) is 0 Å². The molecule has 0 saturated carbocycles. The summed E-state index contributed by atoms with van der Waals surface area (Å²) in [5, 5.41) is 7.87. The number of aromatic nitrogens is 3. The molecule has 22 heavy (non-hydrogen) atoms. The second kappa shape index (κ2) is 5.88. The maximum atomic E-state index is 12.2. The van der Waals surface area contributed by atoms with E-state index in [1.807, 2.05) is 49.8 Å². The fourth-order valence-electron chi connectivity index (χ4n) is 2.30. The lowest BCUT2D eigenvalue weighted by molar-refractivity contribution is -0.116. The summed E-state index contributed by atoms with van der Waals surface area (Å²) in [6.07, 6.45) is 2.27. The summed E-state index contributed by atoms with van der Waals surface area (Å²) in [4.78, 5) is 16.6. The Kier molecular flexibility index (Phi) is 3.94. The second-order valence-corrected chi connectivity index (χ2v) is 6.56. The van der Waals surface area contributed by atoms with Crippen LogP contribution in [0.15, 0.2) is 30.5 Å². The Bertz CT molecular complexity index is 821. The van der Waals surface area contributed by atoms with E-state index in [9.17, 15) is 4.79 Å². The van der Waals surface area contributed by atoms with Gasteiger partial charge >= 0.3 is 0 Å². The summed E-state index contributed by atoms with van der Waals surface area (Å²) in [7, 11) is 0. The summed E-state index contributed by atoms with van der Waals surface area (Å²) < 4.78 is 2.91. The van der Waals surface area contributed by atoms with Crippen LogP contribution in [-0.2, 0) is 4.79 Å². The van der Waals surface area contributed by atoms with E-state index in [4.69, 9.17) is 0 Å². The molecule has 2 heterocycles. The van der Waals surface area contributed by atoms with E-state index in [2.05, 4.69) is 21.5 Å². The van der Waals surface area contributed by atoms with Crippen LogP contribution in [0.2, 0.25) is 0 Å². The minimum absolute atomic E-state index is 0.0188. The Morgan fingerprint density at radius 2 is 2.18 bits per heavy atom. The normalized spacial score (nSPS) is 12.5. The lowest BCUT2D eigenvalue weighted by Crippen LogP contribution is -2.17. The number of amides is 1. The molecule has 1 amide bonds. The Morgan fingerprint density at radius 3 is 2.91 bits per heavy atom. The van der Waals surface area contributed by atoms with Crippen molar-refractivity contribution in [1.82, 2.24) is 14.8 Å². The number of benzene rings is 1. The van der Waals surface area contributed by atoms with Gasteiger partial charge in [-0.2, -0.15) is 5.10 Å². The molecule has 0 saturated heterocycles. The first kappa shape index (κ1) is 14.7. The van der Waals surface area contributed by atoms with Crippen LogP contribution in [0.3, 0.4) is 0 Å². The van der Waals surface area contributed by atoms with Crippen molar-refractivity contribution in [3.05, 3.63) is 41.7 Å². The van der Waals surface area contributed by atoms with E-state index >= 15 is 0 Å². The number of rotatable bonds is 4. The monoisotopic (exact) mass is 314 g/mol. The molecular formula is C16H18N4OS. The van der Waals surface area contributed by atoms with E-state index in [-0.39, 0.29) is 11.9 Å². The van der Waals surface area contributed by atoms with E-state index in [1.165, 1.54) is 16.9 Å². The van der Waals surface area contributed by atoms with Gasteiger partial charge in [0, 0.05) is 12.6 Å². The molecule has 5 nitrogen and oxygen atoms in total. The number of nitrogens with zero attached hydrogens (tertiary/aromatic N) is 3. The van der Waals surface area contributed by atoms with Crippen LogP contribution in [0.1, 0.15) is 30.6 Å². The first-order valence-electron chi connectivity index (χ1n) is 7.20. The summed E-state index contributed by atoms with van der Waals surface area (Å²) >= 11 is 1.50. The van der Waals surface area contributed by atoms with Crippen LogP contribution in [0.25, 0.3) is 10.2 Å². The van der Waals surface area contributed by atoms with Gasteiger partial charge in [0.05, 0.1) is 22.0 Å². The van der Waals surface area contributed by atoms with Gasteiger partial charge < -0.3 is 5.32 Å². The SMILES string of the molecule is Cc1ccc2nc(NC(=O)CC(C)n3ccc(C)n3)sc2c1. The first-order chi connectivity index (χ1) is 10.5. The van der Waals surface area contributed by atoms with Gasteiger partial charge in [0.2, 0.25) is 5.91 Å². The van der Waals surface area contributed by atoms with Crippen LogP contribution in [0.4, 0.5) is 5.13 Å². The number of hydrogen-bond acceptors (Lipinski definition) is 4. The van der Waals surface area contributed by atoms with E-state index in [1.54, 1.807) is 0 Å². The van der Waals surface area contributed by atoms with Gasteiger partial charge in [0.1, 0.15) is 0 Å². The van der Waals surface area contributed by atoms with Gasteiger partial charge in [0.15, 0.2) is 5.13 Å². The number of carbonyl (C=O) groups is 1. The molecule has 0 aliphatic rings. The highest BCUT2D eigenvalue weighted by Gasteiger charge is 2.13. The van der Waals surface area contributed by atoms with Crippen LogP contribution in [0, 0.1) is 13.8 Å². The quantitative estimate of drug-likeness (QED) is 0.799. The number of hydrogen-bond donors (Lipinski definition) is 1. The van der Waals surface area contributed by atoms with Crippen molar-refractivity contribution in [2.75, 3.05) is 5.32 Å². The zero-order valence-electron chi connectivity index (χ0n) is 12.8. The van der Waals surface area contributed by atoms with Crippen LogP contribution in [-0.4, -0.2) is 20.7 Å². The van der Waals surface area contributed by atoms with Crippen LogP contribution in [0.5, 0.6) is 0 Å². The van der Waals surface area contributed by atoms with Crippen molar-refractivity contribution in [2.45, 2.75) is 33.2 Å². The Hall–Kier alpha value is -2.21. The van der Waals surface area contributed by atoms with Crippen LogP contribution >= 0.6 is 11.3 Å². The Morgan fingerprint density at radius 1 is 1.36 bits per heavy atom. The predicted molar refractivity (Wildman–Crippen MR) is 89.3 cm³/mol. The third-order valence-electron chi connectivity index (χ3n) is 3.46. The largest absolute Gasteiger partial charge is 0.302 e. The predicted octanol–water partition coefficient (Wildman–Crippen LogP) is 3.70. The molecule has 1 unspecified atom stereocenters. The maximum Gasteiger partial charge on any atom is 0.228 e. The van der Waals surface area contributed by atoms with Crippen molar-refractivity contribution in [3.8, 4) is 0 Å². The standard InChI is InChI=1S/C16H18N4OS/c1-10-4-5-13-14(8-10)22-16(17-13)18-15(21)9-12(3)20-7-6-11(2)19-20/h4-8,12H,9H2,1-3H3,(H,17,18,21). The third kappa shape index (κ3) is 3.17. The molecule has 0 aliphatic heterocycles. The number of fused-ring (bicyclic) bond motifs is 1. The molecule has 1 aromatic carbocycles. The highest BCUT2D eigenvalue weighted by Crippen LogP contribution is 2.27. The molecule has 0 bridgehead atoms. The fourth-order valence-corrected chi connectivity index (χ4v) is 3.28. The second-order valence-electron chi connectivity index (χ2n) is 5.53. The molecule has 0 fully saturated rings. The van der Waals surface area contributed by atoms with E-state index in [0.29, 0.717) is 11.6 Å². The van der Waals surface area contributed by atoms with Crippen molar-refractivity contribution < 1.29 is 4.79 Å². The number of anilines is 1. The fraction of sp³-hybridized carbons (Fsp3) is 0.312. The van der Waals surface area contributed by atoms with Crippen molar-refractivity contribution >= 4 is 32.6 Å². The average Bonchev–Trinajstić information content (AvgIpc) is 3.03. The molecule has 1 N–H and O–H groups in total. The van der Waals surface area contributed by atoms with E-state index < -0.39 is 0 Å². The van der Waals surface area contributed by atoms with E-state index in [0.717, 1.165) is 15.9 Å². The Labute approximate surface area is 133 Å². The zero-order chi connectivity index (χ0) is 15.7. The molecule has 1 atom stereocenters. The number of nitrogens with one attached hydrogen (secondary N) is 1. The third-order valence-corrected chi connectivity index (χ3v) is 4.40. The van der Waals surface area contributed by atoms with Gasteiger partial charge in [0.25, 0.3) is 0 Å². The summed E-state index contributed by atoms with van der Waals surface area (Å²) in [5.74, 6) is -0.0450. The summed E-state index contributed by atoms with van der Waals surface area (Å²) in [6.45, 7) is 5.96. The molecule has 114 valence electrons. The van der Waals surface area contributed by atoms with Crippen molar-refractivity contribution in [1.29, 1.82) is 0 Å². The summed E-state index contributed by atoms with van der Waals surface area (Å²) in [5.41, 5.74) is 3.06. The molecule has 3 rings (SSSR count). The molecule has 6 heteroatoms. The average molecular weight is 314 g/mol. The van der Waals surface area contributed by atoms with Crippen molar-refractivity contribution in [2.24, 2.45) is 0 Å². The number of aryl methyl sites for hydroxylation is 2. The Balaban J connectivity index is 1.67. The van der Waals surface area contributed by atoms with Gasteiger partial charge in [-0.15, -0.1) is 0 Å². The molecule has 2 aromatic heterocycles. The molecule has 3 aromatic rings. The zero-order valence-corrected chi connectivity index (χ0v) is 13.6. The lowest BCUT2D eigenvalue weighted by atomic mass is 10.2.